The summed E-state index contributed by atoms with van der Waals surface area (Å²) in [5, 5.41) is 18.7. The van der Waals surface area contributed by atoms with E-state index in [-0.39, 0.29) is 12.0 Å². The highest BCUT2D eigenvalue weighted by Crippen LogP contribution is 2.22. The van der Waals surface area contributed by atoms with Crippen LogP contribution < -0.4 is 0 Å². The first-order valence-corrected chi connectivity index (χ1v) is 8.22. The van der Waals surface area contributed by atoms with Crippen molar-refractivity contribution in [1.82, 2.24) is 9.80 Å². The molecule has 4 nitrogen and oxygen atoms in total. The van der Waals surface area contributed by atoms with E-state index in [1.165, 1.54) is 5.56 Å². The van der Waals surface area contributed by atoms with Gasteiger partial charge in [0.15, 0.2) is 0 Å². The second-order valence-electron chi connectivity index (χ2n) is 7.60. The fraction of sp³-hybridized carbons (Fsp3) is 0.667. The Morgan fingerprint density at radius 3 is 2.41 bits per heavy atom. The zero-order chi connectivity index (χ0) is 16.2. The summed E-state index contributed by atoms with van der Waals surface area (Å²) in [6.45, 7) is 12.1. The van der Waals surface area contributed by atoms with E-state index in [9.17, 15) is 10.2 Å². The van der Waals surface area contributed by atoms with Crippen LogP contribution in [0, 0.1) is 5.41 Å². The maximum Gasteiger partial charge on any atom is 0.115 e. The first-order chi connectivity index (χ1) is 10.4. The number of rotatable bonds is 5. The van der Waals surface area contributed by atoms with Crippen molar-refractivity contribution in [2.75, 3.05) is 32.8 Å². The van der Waals surface area contributed by atoms with Crippen LogP contribution in [0.3, 0.4) is 0 Å². The molecule has 1 aromatic rings. The molecule has 1 aliphatic heterocycles. The predicted octanol–water partition coefficient (Wildman–Crippen LogP) is 2.31. The molecule has 2 N–H and O–H groups in total. The van der Waals surface area contributed by atoms with Crippen LogP contribution in [-0.4, -0.2) is 58.8 Å². The predicted molar refractivity (Wildman–Crippen MR) is 89.9 cm³/mol. The molecule has 22 heavy (non-hydrogen) atoms. The van der Waals surface area contributed by atoms with E-state index in [2.05, 4.69) is 30.6 Å². The van der Waals surface area contributed by atoms with E-state index in [1.54, 1.807) is 12.1 Å². The van der Waals surface area contributed by atoms with Crippen LogP contribution in [0.1, 0.15) is 32.8 Å². The van der Waals surface area contributed by atoms with E-state index in [0.717, 1.165) is 39.1 Å². The third kappa shape index (κ3) is 5.27. The maximum atomic E-state index is 9.37. The van der Waals surface area contributed by atoms with Gasteiger partial charge in [-0.05, 0) is 29.5 Å². The van der Waals surface area contributed by atoms with Crippen molar-refractivity contribution < 1.29 is 10.2 Å². The molecule has 0 bridgehead atoms. The van der Waals surface area contributed by atoms with Gasteiger partial charge in [0.05, 0.1) is 0 Å². The number of phenols is 1. The Morgan fingerprint density at radius 2 is 1.82 bits per heavy atom. The minimum absolute atomic E-state index is 0.248. The van der Waals surface area contributed by atoms with Crippen molar-refractivity contribution >= 4 is 0 Å². The lowest BCUT2D eigenvalue weighted by Crippen LogP contribution is -2.54. The summed E-state index contributed by atoms with van der Waals surface area (Å²) in [6.07, 6.45) is 0.835. The van der Waals surface area contributed by atoms with Crippen LogP contribution in [0.25, 0.3) is 0 Å². The number of aliphatic hydroxyl groups is 1. The molecule has 0 amide bonds. The van der Waals surface area contributed by atoms with Crippen LogP contribution >= 0.6 is 0 Å². The Balaban J connectivity index is 1.95. The number of nitrogens with zero attached hydrogens (tertiary/aromatic N) is 2. The fourth-order valence-electron chi connectivity index (χ4n) is 3.20. The van der Waals surface area contributed by atoms with Gasteiger partial charge in [0.1, 0.15) is 5.75 Å². The van der Waals surface area contributed by atoms with Gasteiger partial charge in [-0.25, -0.2) is 0 Å². The molecule has 0 radical (unpaired) electrons. The van der Waals surface area contributed by atoms with Crippen LogP contribution in [0.2, 0.25) is 0 Å². The number of phenolic OH excluding ortho intramolecular Hbond substituents is 1. The Bertz CT molecular complexity index is 453. The zero-order valence-corrected chi connectivity index (χ0v) is 14.1. The summed E-state index contributed by atoms with van der Waals surface area (Å²) < 4.78 is 0. The normalized spacial score (nSPS) is 21.2. The van der Waals surface area contributed by atoms with Crippen LogP contribution in [0.5, 0.6) is 5.75 Å². The largest absolute Gasteiger partial charge is 0.508 e. The van der Waals surface area contributed by atoms with Crippen LogP contribution in [-0.2, 0) is 6.54 Å². The molecule has 1 fully saturated rings. The van der Waals surface area contributed by atoms with E-state index in [4.69, 9.17) is 0 Å². The summed E-state index contributed by atoms with van der Waals surface area (Å²) in [6, 6.07) is 7.89. The molecule has 1 heterocycles. The minimum atomic E-state index is 0.248. The second kappa shape index (κ2) is 7.44. The van der Waals surface area contributed by atoms with Crippen LogP contribution in [0.15, 0.2) is 24.3 Å². The number of hydrogen-bond acceptors (Lipinski definition) is 4. The molecule has 0 saturated carbocycles. The summed E-state index contributed by atoms with van der Waals surface area (Å²) in [5.41, 5.74) is 1.51. The van der Waals surface area contributed by atoms with Gasteiger partial charge in [-0.15, -0.1) is 0 Å². The molecule has 0 aromatic heterocycles. The highest BCUT2D eigenvalue weighted by Gasteiger charge is 2.29. The second-order valence-corrected chi connectivity index (χ2v) is 7.60. The van der Waals surface area contributed by atoms with E-state index in [1.807, 2.05) is 12.1 Å². The lowest BCUT2D eigenvalue weighted by molar-refractivity contribution is 0.0340. The summed E-state index contributed by atoms with van der Waals surface area (Å²) in [4.78, 5) is 4.98. The van der Waals surface area contributed by atoms with E-state index in [0.29, 0.717) is 11.8 Å². The zero-order valence-electron chi connectivity index (χ0n) is 14.1. The summed E-state index contributed by atoms with van der Waals surface area (Å²) >= 11 is 0. The topological polar surface area (TPSA) is 46.9 Å². The molecular formula is C18H30N2O2. The average molecular weight is 306 g/mol. The monoisotopic (exact) mass is 306 g/mol. The number of benzene rings is 1. The van der Waals surface area contributed by atoms with E-state index >= 15 is 0 Å². The maximum absolute atomic E-state index is 9.37. The third-order valence-corrected chi connectivity index (χ3v) is 4.17. The summed E-state index contributed by atoms with van der Waals surface area (Å²) in [5.74, 6) is 0.317. The smallest absolute Gasteiger partial charge is 0.115 e. The molecular weight excluding hydrogens is 276 g/mol. The van der Waals surface area contributed by atoms with E-state index < -0.39 is 0 Å². The van der Waals surface area contributed by atoms with Crippen molar-refractivity contribution in [2.24, 2.45) is 5.41 Å². The van der Waals surface area contributed by atoms with Gasteiger partial charge in [-0.1, -0.05) is 32.9 Å². The highest BCUT2D eigenvalue weighted by atomic mass is 16.3. The Morgan fingerprint density at radius 1 is 1.14 bits per heavy atom. The SMILES string of the molecule is CC(C)(C)CN1CCN(Cc2ccc(O)cc2)C[C@@H]1CCO. The Hall–Kier alpha value is -1.10. The standard InChI is InChI=1S/C18H30N2O2/c1-18(2,3)14-20-10-9-19(13-16(20)8-11-21)12-15-4-6-17(22)7-5-15/h4-7,16,21-22H,8-14H2,1-3H3/t16-/m0/s1. The highest BCUT2D eigenvalue weighted by molar-refractivity contribution is 5.25. The van der Waals surface area contributed by atoms with Crippen molar-refractivity contribution in [3.05, 3.63) is 29.8 Å². The molecule has 0 spiro atoms. The van der Waals surface area contributed by atoms with Gasteiger partial charge >= 0.3 is 0 Å². The first kappa shape index (κ1) is 17.3. The van der Waals surface area contributed by atoms with Gasteiger partial charge in [0.2, 0.25) is 0 Å². The molecule has 2 rings (SSSR count). The lowest BCUT2D eigenvalue weighted by atomic mass is 9.94. The first-order valence-electron chi connectivity index (χ1n) is 8.22. The van der Waals surface area contributed by atoms with Gasteiger partial charge in [-0.3, -0.25) is 9.80 Å². The van der Waals surface area contributed by atoms with Crippen molar-refractivity contribution in [3.8, 4) is 5.75 Å². The van der Waals surface area contributed by atoms with Gasteiger partial charge < -0.3 is 10.2 Å². The Labute approximate surface area is 134 Å². The molecule has 0 unspecified atom stereocenters. The molecule has 1 atom stereocenters. The lowest BCUT2D eigenvalue weighted by Gasteiger charge is -2.44. The van der Waals surface area contributed by atoms with Gasteiger partial charge in [0.25, 0.3) is 0 Å². The fourth-order valence-corrected chi connectivity index (χ4v) is 3.20. The van der Waals surface area contributed by atoms with Gasteiger partial charge in [-0.2, -0.15) is 0 Å². The number of aliphatic hydroxyl groups excluding tert-OH is 1. The van der Waals surface area contributed by atoms with Crippen molar-refractivity contribution in [1.29, 1.82) is 0 Å². The molecule has 4 heteroatoms. The Kier molecular flexibility index (Phi) is 5.84. The minimum Gasteiger partial charge on any atom is -0.508 e. The summed E-state index contributed by atoms with van der Waals surface area (Å²) in [7, 11) is 0. The molecule has 124 valence electrons. The molecule has 1 saturated heterocycles. The number of hydrogen-bond donors (Lipinski definition) is 2. The molecule has 0 aliphatic carbocycles. The molecule has 1 aromatic carbocycles. The number of aromatic hydroxyl groups is 1. The molecule has 1 aliphatic rings. The third-order valence-electron chi connectivity index (χ3n) is 4.17. The quantitative estimate of drug-likeness (QED) is 0.876. The van der Waals surface area contributed by atoms with Crippen molar-refractivity contribution in [2.45, 2.75) is 39.8 Å². The van der Waals surface area contributed by atoms with Crippen molar-refractivity contribution in [3.63, 3.8) is 0 Å². The van der Waals surface area contributed by atoms with Crippen LogP contribution in [0.4, 0.5) is 0 Å². The average Bonchev–Trinajstić information content (AvgIpc) is 2.43. The van der Waals surface area contributed by atoms with Gasteiger partial charge in [0, 0.05) is 45.4 Å². The number of piperazine rings is 1.